The quantitative estimate of drug-likeness (QED) is 0.607. The first kappa shape index (κ1) is 8.96. The standard InChI is InChI=1S/C8H10FNO2/c9-5-1-2-8(12)6(3-5)7(10)4-11/h1-3,7,11-12H,4,10H2. The molecule has 1 unspecified atom stereocenters. The molecule has 12 heavy (non-hydrogen) atoms. The van der Waals surface area contributed by atoms with Crippen molar-refractivity contribution in [3.63, 3.8) is 0 Å². The van der Waals surface area contributed by atoms with Gasteiger partial charge in [-0.2, -0.15) is 0 Å². The van der Waals surface area contributed by atoms with Crippen LogP contribution >= 0.6 is 0 Å². The summed E-state index contributed by atoms with van der Waals surface area (Å²) in [4.78, 5) is 0. The minimum atomic E-state index is -0.735. The number of nitrogens with two attached hydrogens (primary N) is 1. The summed E-state index contributed by atoms with van der Waals surface area (Å²) in [6.07, 6.45) is 0. The van der Waals surface area contributed by atoms with Crippen LogP contribution in [0.4, 0.5) is 4.39 Å². The molecule has 0 aliphatic heterocycles. The maximum atomic E-state index is 12.6. The van der Waals surface area contributed by atoms with E-state index in [4.69, 9.17) is 10.8 Å². The summed E-state index contributed by atoms with van der Waals surface area (Å²) < 4.78 is 12.6. The van der Waals surface area contributed by atoms with Gasteiger partial charge in [0.2, 0.25) is 0 Å². The Morgan fingerprint density at radius 2 is 2.17 bits per heavy atom. The second kappa shape index (κ2) is 3.51. The lowest BCUT2D eigenvalue weighted by atomic mass is 10.1. The Bertz CT molecular complexity index is 278. The molecule has 0 bridgehead atoms. The molecule has 0 saturated heterocycles. The van der Waals surface area contributed by atoms with Gasteiger partial charge in [-0.3, -0.25) is 0 Å². The molecule has 0 fully saturated rings. The van der Waals surface area contributed by atoms with Crippen LogP contribution in [0.2, 0.25) is 0 Å². The summed E-state index contributed by atoms with van der Waals surface area (Å²) >= 11 is 0. The Kier molecular flexibility index (Phi) is 2.62. The average molecular weight is 171 g/mol. The lowest BCUT2D eigenvalue weighted by molar-refractivity contribution is 0.265. The molecule has 1 rings (SSSR count). The van der Waals surface area contributed by atoms with Crippen LogP contribution in [0.3, 0.4) is 0 Å². The number of phenolic OH excluding ortho intramolecular Hbond substituents is 1. The van der Waals surface area contributed by atoms with Gasteiger partial charge >= 0.3 is 0 Å². The van der Waals surface area contributed by atoms with Crippen LogP contribution in [0.15, 0.2) is 18.2 Å². The number of halogens is 1. The van der Waals surface area contributed by atoms with Crippen LogP contribution in [0, 0.1) is 5.82 Å². The maximum absolute atomic E-state index is 12.6. The number of aromatic hydroxyl groups is 1. The number of hydrogen-bond acceptors (Lipinski definition) is 3. The van der Waals surface area contributed by atoms with Crippen molar-refractivity contribution in [1.82, 2.24) is 0 Å². The topological polar surface area (TPSA) is 66.5 Å². The molecule has 1 aromatic carbocycles. The Hall–Kier alpha value is -1.13. The van der Waals surface area contributed by atoms with Crippen LogP contribution in [-0.4, -0.2) is 16.8 Å². The zero-order valence-corrected chi connectivity index (χ0v) is 6.37. The first-order valence-electron chi connectivity index (χ1n) is 3.50. The maximum Gasteiger partial charge on any atom is 0.123 e. The van der Waals surface area contributed by atoms with E-state index in [1.165, 1.54) is 6.07 Å². The lowest BCUT2D eigenvalue weighted by Gasteiger charge is -2.09. The van der Waals surface area contributed by atoms with Crippen LogP contribution in [0.5, 0.6) is 5.75 Å². The molecule has 0 aliphatic carbocycles. The highest BCUT2D eigenvalue weighted by molar-refractivity contribution is 5.34. The molecule has 4 N–H and O–H groups in total. The number of aliphatic hydroxyl groups is 1. The second-order valence-electron chi connectivity index (χ2n) is 2.49. The third kappa shape index (κ3) is 1.72. The summed E-state index contributed by atoms with van der Waals surface area (Å²) in [5.74, 6) is -0.579. The monoisotopic (exact) mass is 171 g/mol. The predicted octanol–water partition coefficient (Wildman–Crippen LogP) is 0.523. The van der Waals surface area contributed by atoms with E-state index in [0.717, 1.165) is 12.1 Å². The fourth-order valence-electron chi connectivity index (χ4n) is 0.921. The van der Waals surface area contributed by atoms with Crippen molar-refractivity contribution in [2.75, 3.05) is 6.61 Å². The molecule has 3 nitrogen and oxygen atoms in total. The van der Waals surface area contributed by atoms with Gasteiger partial charge < -0.3 is 15.9 Å². The third-order valence-electron chi connectivity index (χ3n) is 1.59. The minimum absolute atomic E-state index is 0.0991. The van der Waals surface area contributed by atoms with Gasteiger partial charge in [0.15, 0.2) is 0 Å². The fourth-order valence-corrected chi connectivity index (χ4v) is 0.921. The fraction of sp³-hybridized carbons (Fsp3) is 0.250. The van der Waals surface area contributed by atoms with E-state index in [1.807, 2.05) is 0 Å². The smallest absolute Gasteiger partial charge is 0.123 e. The highest BCUT2D eigenvalue weighted by Crippen LogP contribution is 2.22. The SMILES string of the molecule is NC(CO)c1cc(F)ccc1O. The average Bonchev–Trinajstić information content (AvgIpc) is 2.08. The van der Waals surface area contributed by atoms with Crippen LogP contribution < -0.4 is 5.73 Å². The van der Waals surface area contributed by atoms with Crippen molar-refractivity contribution in [2.45, 2.75) is 6.04 Å². The molecule has 0 saturated carbocycles. The van der Waals surface area contributed by atoms with Gasteiger partial charge in [-0.05, 0) is 18.2 Å². The summed E-state index contributed by atoms with van der Waals surface area (Å²) in [5.41, 5.74) is 5.61. The zero-order valence-electron chi connectivity index (χ0n) is 6.37. The number of hydrogen-bond donors (Lipinski definition) is 3. The van der Waals surface area contributed by atoms with Crippen LogP contribution in [0.1, 0.15) is 11.6 Å². The van der Waals surface area contributed by atoms with Crippen molar-refractivity contribution in [3.05, 3.63) is 29.6 Å². The van der Waals surface area contributed by atoms with Crippen molar-refractivity contribution < 1.29 is 14.6 Å². The van der Waals surface area contributed by atoms with Gasteiger partial charge in [0.25, 0.3) is 0 Å². The second-order valence-corrected chi connectivity index (χ2v) is 2.49. The van der Waals surface area contributed by atoms with Gasteiger partial charge in [0.1, 0.15) is 11.6 Å². The van der Waals surface area contributed by atoms with Gasteiger partial charge in [0.05, 0.1) is 12.6 Å². The summed E-state index contributed by atoms with van der Waals surface area (Å²) in [7, 11) is 0. The van der Waals surface area contributed by atoms with E-state index in [1.54, 1.807) is 0 Å². The zero-order chi connectivity index (χ0) is 9.14. The summed E-state index contributed by atoms with van der Waals surface area (Å²) in [6.45, 7) is -0.322. The normalized spacial score (nSPS) is 12.9. The molecular weight excluding hydrogens is 161 g/mol. The molecule has 0 amide bonds. The largest absolute Gasteiger partial charge is 0.508 e. The first-order chi connectivity index (χ1) is 5.65. The van der Waals surface area contributed by atoms with E-state index in [-0.39, 0.29) is 17.9 Å². The van der Waals surface area contributed by atoms with E-state index in [0.29, 0.717) is 0 Å². The molecule has 66 valence electrons. The van der Waals surface area contributed by atoms with E-state index >= 15 is 0 Å². The number of benzene rings is 1. The highest BCUT2D eigenvalue weighted by Gasteiger charge is 2.10. The van der Waals surface area contributed by atoms with Gasteiger partial charge in [-0.1, -0.05) is 0 Å². The van der Waals surface area contributed by atoms with Crippen molar-refractivity contribution >= 4 is 0 Å². The van der Waals surface area contributed by atoms with E-state index < -0.39 is 11.9 Å². The van der Waals surface area contributed by atoms with Crippen molar-refractivity contribution in [2.24, 2.45) is 5.73 Å². The summed E-state index contributed by atoms with van der Waals surface area (Å²) in [5, 5.41) is 17.8. The predicted molar refractivity (Wildman–Crippen MR) is 42.1 cm³/mol. The summed E-state index contributed by atoms with van der Waals surface area (Å²) in [6, 6.07) is 2.71. The lowest BCUT2D eigenvalue weighted by Crippen LogP contribution is -2.14. The highest BCUT2D eigenvalue weighted by atomic mass is 19.1. The molecule has 1 atom stereocenters. The molecule has 1 aromatic rings. The van der Waals surface area contributed by atoms with Gasteiger partial charge in [-0.25, -0.2) is 4.39 Å². The Balaban J connectivity index is 3.04. The molecule has 0 spiro atoms. The first-order valence-corrected chi connectivity index (χ1v) is 3.50. The van der Waals surface area contributed by atoms with Gasteiger partial charge in [-0.15, -0.1) is 0 Å². The number of phenols is 1. The number of aliphatic hydroxyl groups excluding tert-OH is 1. The van der Waals surface area contributed by atoms with E-state index in [2.05, 4.69) is 0 Å². The van der Waals surface area contributed by atoms with Crippen LogP contribution in [0.25, 0.3) is 0 Å². The van der Waals surface area contributed by atoms with Crippen molar-refractivity contribution in [1.29, 1.82) is 0 Å². The van der Waals surface area contributed by atoms with Gasteiger partial charge in [0, 0.05) is 5.56 Å². The van der Waals surface area contributed by atoms with Crippen LogP contribution in [-0.2, 0) is 0 Å². The molecule has 4 heteroatoms. The molecular formula is C8H10FNO2. The Morgan fingerprint density at radius 1 is 1.50 bits per heavy atom. The Labute approximate surface area is 69.3 Å². The molecule has 0 radical (unpaired) electrons. The number of rotatable bonds is 2. The van der Waals surface area contributed by atoms with Crippen molar-refractivity contribution in [3.8, 4) is 5.75 Å². The molecule has 0 heterocycles. The molecule has 0 aliphatic rings. The Morgan fingerprint density at radius 3 is 2.75 bits per heavy atom. The van der Waals surface area contributed by atoms with E-state index in [9.17, 15) is 9.50 Å². The minimum Gasteiger partial charge on any atom is -0.508 e. The third-order valence-corrected chi connectivity index (χ3v) is 1.59. The molecule has 0 aromatic heterocycles.